The summed E-state index contributed by atoms with van der Waals surface area (Å²) in [6.45, 7) is 5.66. The number of methoxy groups -OCH3 is 2. The van der Waals surface area contributed by atoms with E-state index < -0.39 is 6.03 Å². The molecule has 2 aliphatic heterocycles. The highest BCUT2D eigenvalue weighted by Crippen LogP contribution is 2.30. The topological polar surface area (TPSA) is 174 Å². The Hall–Kier alpha value is -5.55. The Labute approximate surface area is 391 Å². The van der Waals surface area contributed by atoms with Crippen LogP contribution in [0.25, 0.3) is 0 Å². The van der Waals surface area contributed by atoms with Gasteiger partial charge in [0.2, 0.25) is 29.7 Å². The van der Waals surface area contributed by atoms with Crippen LogP contribution in [0.2, 0.25) is 20.1 Å². The maximum atomic E-state index is 12.9. The van der Waals surface area contributed by atoms with E-state index in [0.29, 0.717) is 50.3 Å². The Kier molecular flexibility index (Phi) is 20.5. The molecule has 6 amide bonds. The predicted octanol–water partition coefficient (Wildman–Crippen LogP) is 6.94. The summed E-state index contributed by atoms with van der Waals surface area (Å²) < 4.78 is 9.98. The van der Waals surface area contributed by atoms with Crippen molar-refractivity contribution in [2.24, 2.45) is 4.99 Å². The van der Waals surface area contributed by atoms with E-state index in [4.69, 9.17) is 55.9 Å². The van der Waals surface area contributed by atoms with Crippen molar-refractivity contribution >= 4 is 105 Å². The highest BCUT2D eigenvalue weighted by Gasteiger charge is 2.34. The number of benzene rings is 4. The number of nitrogens with zero attached hydrogens (tertiary/aromatic N) is 6. The third-order valence-electron chi connectivity index (χ3n) is 9.68. The molecule has 0 radical (unpaired) electrons. The van der Waals surface area contributed by atoms with E-state index in [2.05, 4.69) is 15.6 Å². The van der Waals surface area contributed by atoms with Gasteiger partial charge in [0, 0.05) is 64.5 Å². The van der Waals surface area contributed by atoms with Crippen molar-refractivity contribution in [2.45, 2.75) is 13.8 Å². The quantitative estimate of drug-likeness (QED) is 0.0772. The fourth-order valence-electron chi connectivity index (χ4n) is 6.13. The molecule has 340 valence electrons. The third kappa shape index (κ3) is 15.0. The summed E-state index contributed by atoms with van der Waals surface area (Å²) in [7, 11) is 3.12. The lowest BCUT2D eigenvalue weighted by atomic mass is 10.2. The number of carbonyl (C=O) groups is 5. The molecular weight excluding hydrogens is 910 g/mol. The van der Waals surface area contributed by atoms with E-state index in [9.17, 15) is 28.8 Å². The number of isocyanates is 1. The Balaban J connectivity index is 0.000000241. The molecule has 20 heteroatoms. The van der Waals surface area contributed by atoms with Gasteiger partial charge in [0.05, 0.1) is 25.4 Å². The average Bonchev–Trinajstić information content (AvgIpc) is 3.87. The molecule has 0 unspecified atom stereocenters. The average molecular weight is 959 g/mol. The molecule has 2 heterocycles. The number of urea groups is 1. The van der Waals surface area contributed by atoms with Gasteiger partial charge < -0.3 is 34.8 Å². The van der Waals surface area contributed by atoms with E-state index in [-0.39, 0.29) is 76.3 Å². The van der Waals surface area contributed by atoms with Crippen LogP contribution >= 0.6 is 46.4 Å². The van der Waals surface area contributed by atoms with Crippen molar-refractivity contribution in [3.05, 3.63) is 116 Å². The van der Waals surface area contributed by atoms with Crippen molar-refractivity contribution in [1.29, 1.82) is 0 Å². The molecule has 0 aromatic heterocycles. The first-order valence-electron chi connectivity index (χ1n) is 19.7. The fourth-order valence-corrected chi connectivity index (χ4v) is 6.72. The number of anilines is 3. The van der Waals surface area contributed by atoms with Gasteiger partial charge in [-0.1, -0.05) is 58.5 Å². The van der Waals surface area contributed by atoms with Crippen LogP contribution in [0.5, 0.6) is 0 Å². The molecule has 4 aromatic carbocycles. The Bertz CT molecular complexity index is 2300. The molecule has 6 rings (SSSR count). The molecule has 0 spiro atoms. The van der Waals surface area contributed by atoms with Gasteiger partial charge in [-0.3, -0.25) is 29.0 Å². The van der Waals surface area contributed by atoms with E-state index in [1.807, 2.05) is 19.9 Å². The van der Waals surface area contributed by atoms with Crippen LogP contribution in [0.4, 0.5) is 27.5 Å². The van der Waals surface area contributed by atoms with Crippen molar-refractivity contribution in [2.75, 3.05) is 95.2 Å². The minimum absolute atomic E-state index is 0.0678. The first-order chi connectivity index (χ1) is 30.7. The summed E-state index contributed by atoms with van der Waals surface area (Å²) >= 11 is 23.7. The molecule has 4 aromatic rings. The standard InChI is InChI=1S/C22H24Cl2N4O4.C15H20ClN3O3.C7H4ClNO/c1-15-18(24)4-3-5-19(15)28-14-27(13-21(28)30)20(29)12-26(10-11-32-2)22(31)25-17-8-6-16(23)7-9-17;1-11-12(16)4-3-5-13(11)19-10-18(9-15(19)21)14(20)8-17-6-7-22-2;8-6-1-3-7(4-2-6)9-5-10/h3-9H,10-14H2,1-2H3,(H,25,31);3-5,17H,6-10H2,1-2H3;1-4H. The van der Waals surface area contributed by atoms with Crippen molar-refractivity contribution in [1.82, 2.24) is 20.0 Å². The second-order valence-corrected chi connectivity index (χ2v) is 15.8. The predicted molar refractivity (Wildman–Crippen MR) is 248 cm³/mol. The number of hydrogen-bond donors (Lipinski definition) is 2. The zero-order valence-corrected chi connectivity index (χ0v) is 38.6. The van der Waals surface area contributed by atoms with Crippen LogP contribution in [0, 0.1) is 13.8 Å². The number of ether oxygens (including phenoxy) is 2. The molecule has 2 N–H and O–H groups in total. The summed E-state index contributed by atoms with van der Waals surface area (Å²) in [6.07, 6.45) is 1.44. The van der Waals surface area contributed by atoms with E-state index >= 15 is 0 Å². The highest BCUT2D eigenvalue weighted by atomic mass is 35.5. The molecule has 0 aliphatic carbocycles. The van der Waals surface area contributed by atoms with Gasteiger partial charge in [-0.15, -0.1) is 0 Å². The SMILES string of the molecule is COCCN(CC(=O)N1CC(=O)N(c2cccc(Cl)c2C)C1)C(=O)Nc1ccc(Cl)cc1.COCCNCC(=O)N1CC(=O)N(c2cccc(Cl)c2C)C1.O=C=Nc1ccc(Cl)cc1. The molecule has 0 bridgehead atoms. The van der Waals surface area contributed by atoms with Crippen LogP contribution in [0.15, 0.2) is 89.9 Å². The normalized spacial score (nSPS) is 13.1. The highest BCUT2D eigenvalue weighted by molar-refractivity contribution is 6.32. The van der Waals surface area contributed by atoms with Gasteiger partial charge in [0.25, 0.3) is 0 Å². The monoisotopic (exact) mass is 956 g/mol. The molecule has 2 aliphatic rings. The number of hydrogen-bond acceptors (Lipinski definition) is 10. The Morgan fingerprint density at radius 1 is 0.719 bits per heavy atom. The number of aliphatic imine (C=N–C) groups is 1. The van der Waals surface area contributed by atoms with E-state index in [1.54, 1.807) is 90.9 Å². The molecule has 2 fully saturated rings. The first-order valence-corrected chi connectivity index (χ1v) is 21.2. The molecular formula is C44H48Cl4N8O8. The molecule has 0 atom stereocenters. The van der Waals surface area contributed by atoms with Gasteiger partial charge in [0.15, 0.2) is 0 Å². The lowest BCUT2D eigenvalue weighted by Crippen LogP contribution is -2.45. The van der Waals surface area contributed by atoms with Gasteiger partial charge >= 0.3 is 6.03 Å². The zero-order chi connectivity index (χ0) is 46.8. The smallest absolute Gasteiger partial charge is 0.322 e. The number of carbonyl (C=O) groups excluding carboxylic acids is 6. The molecule has 2 saturated heterocycles. The van der Waals surface area contributed by atoms with Gasteiger partial charge in [0.1, 0.15) is 33.0 Å². The first kappa shape index (κ1) is 51.1. The molecule has 16 nitrogen and oxygen atoms in total. The lowest BCUT2D eigenvalue weighted by Gasteiger charge is -2.25. The van der Waals surface area contributed by atoms with Crippen LogP contribution in [0.1, 0.15) is 11.1 Å². The van der Waals surface area contributed by atoms with Crippen LogP contribution in [-0.2, 0) is 33.4 Å². The minimum Gasteiger partial charge on any atom is -0.383 e. The van der Waals surface area contributed by atoms with Gasteiger partial charge in [-0.25, -0.2) is 9.59 Å². The van der Waals surface area contributed by atoms with Crippen LogP contribution in [0.3, 0.4) is 0 Å². The fraction of sp³-hybridized carbons (Fsp3) is 0.318. The number of rotatable bonds is 14. The van der Waals surface area contributed by atoms with Crippen LogP contribution in [-0.4, -0.2) is 130 Å². The summed E-state index contributed by atoms with van der Waals surface area (Å²) in [5.74, 6) is -0.761. The zero-order valence-electron chi connectivity index (χ0n) is 35.6. The maximum Gasteiger partial charge on any atom is 0.322 e. The van der Waals surface area contributed by atoms with Gasteiger partial charge in [-0.2, -0.15) is 4.99 Å². The van der Waals surface area contributed by atoms with E-state index in [0.717, 1.165) is 16.8 Å². The molecule has 64 heavy (non-hydrogen) atoms. The number of amides is 6. The van der Waals surface area contributed by atoms with Crippen molar-refractivity contribution < 1.29 is 38.2 Å². The summed E-state index contributed by atoms with van der Waals surface area (Å²) in [5, 5.41) is 8.06. The Morgan fingerprint density at radius 3 is 1.72 bits per heavy atom. The maximum absolute atomic E-state index is 12.9. The molecule has 0 saturated carbocycles. The van der Waals surface area contributed by atoms with Crippen LogP contribution < -0.4 is 20.4 Å². The second kappa shape index (κ2) is 25.7. The second-order valence-electron chi connectivity index (χ2n) is 14.1. The van der Waals surface area contributed by atoms with Crippen molar-refractivity contribution in [3.63, 3.8) is 0 Å². The summed E-state index contributed by atoms with van der Waals surface area (Å²) in [6, 6.07) is 23.5. The largest absolute Gasteiger partial charge is 0.383 e. The van der Waals surface area contributed by atoms with Crippen molar-refractivity contribution in [3.8, 4) is 0 Å². The summed E-state index contributed by atoms with van der Waals surface area (Å²) in [4.78, 5) is 83.1. The number of nitrogens with one attached hydrogen (secondary N) is 2. The minimum atomic E-state index is -0.453. The Morgan fingerprint density at radius 2 is 1.22 bits per heavy atom. The summed E-state index contributed by atoms with van der Waals surface area (Å²) in [5.41, 5.74) is 4.13. The van der Waals surface area contributed by atoms with E-state index in [1.165, 1.54) is 32.8 Å². The third-order valence-corrected chi connectivity index (χ3v) is 11.0. The number of halogens is 4. The lowest BCUT2D eigenvalue weighted by molar-refractivity contribution is -0.132. The van der Waals surface area contributed by atoms with Gasteiger partial charge in [-0.05, 0) is 97.8 Å².